The van der Waals surface area contributed by atoms with E-state index in [2.05, 4.69) is 9.44 Å². The molecule has 0 fully saturated rings. The third-order valence-electron chi connectivity index (χ3n) is 3.99. The van der Waals surface area contributed by atoms with Crippen LogP contribution in [-0.2, 0) is 20.0 Å². The van der Waals surface area contributed by atoms with Crippen LogP contribution in [0.25, 0.3) is 11.1 Å². The highest BCUT2D eigenvalue weighted by Gasteiger charge is 2.22. The molecule has 3 heterocycles. The summed E-state index contributed by atoms with van der Waals surface area (Å²) in [6.07, 6.45) is 0. The Balaban J connectivity index is 1.76. The zero-order valence-corrected chi connectivity index (χ0v) is 20.8. The Morgan fingerprint density at radius 2 is 1.26 bits per heavy atom. The molecule has 2 N–H and O–H groups in total. The van der Waals surface area contributed by atoms with E-state index in [1.165, 1.54) is 41.7 Å². The number of anilines is 2. The smallest absolute Gasteiger partial charge is 0.271 e. The minimum absolute atomic E-state index is 0.0114. The lowest BCUT2D eigenvalue weighted by atomic mass is 10.1. The first-order chi connectivity index (χ1) is 14.6. The summed E-state index contributed by atoms with van der Waals surface area (Å²) in [5.74, 6) is 0. The van der Waals surface area contributed by atoms with Crippen LogP contribution in [0.2, 0.25) is 8.67 Å². The second-order valence-electron chi connectivity index (χ2n) is 6.10. The van der Waals surface area contributed by atoms with Crippen molar-refractivity contribution in [2.24, 2.45) is 0 Å². The molecule has 6 nitrogen and oxygen atoms in total. The predicted molar refractivity (Wildman–Crippen MR) is 130 cm³/mol. The van der Waals surface area contributed by atoms with Crippen molar-refractivity contribution in [1.82, 2.24) is 0 Å². The van der Waals surface area contributed by atoms with Crippen molar-refractivity contribution in [1.29, 1.82) is 0 Å². The van der Waals surface area contributed by atoms with Crippen molar-refractivity contribution in [2.45, 2.75) is 8.42 Å². The second-order valence-corrected chi connectivity index (χ2v) is 14.1. The van der Waals surface area contributed by atoms with Crippen molar-refractivity contribution in [3.63, 3.8) is 0 Å². The second kappa shape index (κ2) is 8.74. The molecule has 0 radical (unpaired) electrons. The lowest BCUT2D eigenvalue weighted by Gasteiger charge is -2.15. The van der Waals surface area contributed by atoms with Crippen molar-refractivity contribution in [3.8, 4) is 11.1 Å². The molecule has 4 rings (SSSR count). The maximum atomic E-state index is 12.9. The van der Waals surface area contributed by atoms with E-state index >= 15 is 0 Å². The average Bonchev–Trinajstić information content (AvgIpc) is 3.44. The lowest BCUT2D eigenvalue weighted by Crippen LogP contribution is -2.16. The summed E-state index contributed by atoms with van der Waals surface area (Å²) >= 11 is 15.0. The molecular weight excluding hydrogens is 539 g/mol. The number of halogens is 2. The average molecular weight is 552 g/mol. The van der Waals surface area contributed by atoms with Crippen molar-refractivity contribution in [3.05, 3.63) is 68.0 Å². The Labute approximate surface area is 201 Å². The quantitative estimate of drug-likeness (QED) is 0.276. The molecule has 3 aromatic heterocycles. The van der Waals surface area contributed by atoms with Gasteiger partial charge in [-0.3, -0.25) is 9.44 Å². The molecule has 0 saturated carbocycles. The van der Waals surface area contributed by atoms with Crippen molar-refractivity contribution < 1.29 is 16.8 Å². The number of rotatable bonds is 7. The van der Waals surface area contributed by atoms with Gasteiger partial charge in [0.1, 0.15) is 8.42 Å². The van der Waals surface area contributed by atoms with Crippen LogP contribution in [0, 0.1) is 0 Å². The summed E-state index contributed by atoms with van der Waals surface area (Å²) in [5, 5.41) is 3.80. The molecule has 0 atom stereocenters. The van der Waals surface area contributed by atoms with Crippen LogP contribution >= 0.6 is 57.2 Å². The highest BCUT2D eigenvalue weighted by molar-refractivity contribution is 7.95. The van der Waals surface area contributed by atoms with Gasteiger partial charge in [-0.25, -0.2) is 16.8 Å². The van der Waals surface area contributed by atoms with Gasteiger partial charge in [0, 0.05) is 0 Å². The van der Waals surface area contributed by atoms with Crippen LogP contribution in [0.4, 0.5) is 11.4 Å². The molecule has 4 aromatic rings. The largest absolute Gasteiger partial charge is 0.277 e. The molecule has 0 aliphatic rings. The molecule has 13 heteroatoms. The van der Waals surface area contributed by atoms with Crippen LogP contribution in [0.5, 0.6) is 0 Å². The Bertz CT molecular complexity index is 1440. The first-order valence-corrected chi connectivity index (χ1v) is 14.7. The maximum absolute atomic E-state index is 12.9. The van der Waals surface area contributed by atoms with E-state index < -0.39 is 20.0 Å². The van der Waals surface area contributed by atoms with E-state index in [1.54, 1.807) is 12.1 Å². The number of thiophene rings is 3. The van der Waals surface area contributed by atoms with Gasteiger partial charge in [-0.1, -0.05) is 29.3 Å². The van der Waals surface area contributed by atoms with Crippen LogP contribution in [0.1, 0.15) is 0 Å². The number of benzene rings is 1. The van der Waals surface area contributed by atoms with Crippen LogP contribution < -0.4 is 9.44 Å². The van der Waals surface area contributed by atoms with Crippen LogP contribution in [0.15, 0.2) is 67.7 Å². The van der Waals surface area contributed by atoms with E-state index in [0.29, 0.717) is 8.67 Å². The first kappa shape index (κ1) is 22.6. The molecule has 0 aliphatic heterocycles. The molecule has 0 amide bonds. The molecule has 162 valence electrons. The molecule has 0 spiro atoms. The Morgan fingerprint density at radius 3 is 1.74 bits per heavy atom. The molecule has 31 heavy (non-hydrogen) atoms. The SMILES string of the molecule is O=S(=O)(Nc1ccc(-c2ccsc2)cc1NS(=O)(=O)c1ccc(Cl)s1)c1ccc(Cl)s1. The zero-order valence-electron chi connectivity index (χ0n) is 15.2. The topological polar surface area (TPSA) is 92.3 Å². The van der Waals surface area contributed by atoms with Gasteiger partial charge in [-0.15, -0.1) is 22.7 Å². The van der Waals surface area contributed by atoms with Gasteiger partial charge in [0.05, 0.1) is 20.0 Å². The molecule has 0 unspecified atom stereocenters. The van der Waals surface area contributed by atoms with Gasteiger partial charge >= 0.3 is 0 Å². The lowest BCUT2D eigenvalue weighted by molar-refractivity contribution is 0.601. The molecule has 0 aliphatic carbocycles. The summed E-state index contributed by atoms with van der Waals surface area (Å²) in [6, 6.07) is 12.4. The van der Waals surface area contributed by atoms with Crippen LogP contribution in [0.3, 0.4) is 0 Å². The van der Waals surface area contributed by atoms with E-state index in [9.17, 15) is 16.8 Å². The third-order valence-corrected chi connectivity index (χ3v) is 10.8. The van der Waals surface area contributed by atoms with Crippen LogP contribution in [-0.4, -0.2) is 16.8 Å². The standard InChI is InChI=1S/C18H12Cl2N2O4S5/c19-15-3-5-17(28-15)30(23,24)21-13-2-1-11(12-7-8-27-10-12)9-14(13)22-31(25,26)18-6-4-16(20)29-18/h1-10,21-22H. The predicted octanol–water partition coefficient (Wildman–Crippen LogP) is 6.45. The minimum Gasteiger partial charge on any atom is -0.277 e. The summed E-state index contributed by atoms with van der Waals surface area (Å²) in [5.41, 5.74) is 1.77. The monoisotopic (exact) mass is 550 g/mol. The van der Waals surface area contributed by atoms with E-state index in [4.69, 9.17) is 23.2 Å². The summed E-state index contributed by atoms with van der Waals surface area (Å²) in [7, 11) is -7.95. The van der Waals surface area contributed by atoms with Gasteiger partial charge in [0.2, 0.25) is 0 Å². The molecule has 1 aromatic carbocycles. The summed E-state index contributed by atoms with van der Waals surface area (Å²) in [6.45, 7) is 0. The summed E-state index contributed by atoms with van der Waals surface area (Å²) in [4.78, 5) is 0. The van der Waals surface area contributed by atoms with Crippen molar-refractivity contribution in [2.75, 3.05) is 9.44 Å². The van der Waals surface area contributed by atoms with E-state index in [-0.39, 0.29) is 19.8 Å². The van der Waals surface area contributed by atoms with Crippen molar-refractivity contribution >= 4 is 88.6 Å². The van der Waals surface area contributed by atoms with Gasteiger partial charge in [0.25, 0.3) is 20.0 Å². The zero-order chi connectivity index (χ0) is 22.2. The third kappa shape index (κ3) is 5.08. The maximum Gasteiger partial charge on any atom is 0.271 e. The highest BCUT2D eigenvalue weighted by Crippen LogP contribution is 2.35. The fraction of sp³-hybridized carbons (Fsp3) is 0. The van der Waals surface area contributed by atoms with Gasteiger partial charge in [-0.2, -0.15) is 11.3 Å². The minimum atomic E-state index is -3.98. The first-order valence-electron chi connectivity index (χ1n) is 8.37. The van der Waals surface area contributed by atoms with E-state index in [0.717, 1.165) is 33.8 Å². The Kier molecular flexibility index (Phi) is 6.37. The van der Waals surface area contributed by atoms with Gasteiger partial charge in [0.15, 0.2) is 0 Å². The van der Waals surface area contributed by atoms with Gasteiger partial charge < -0.3 is 0 Å². The number of hydrogen-bond donors (Lipinski definition) is 2. The van der Waals surface area contributed by atoms with Gasteiger partial charge in [-0.05, 0) is 64.4 Å². The normalized spacial score (nSPS) is 12.1. The van der Waals surface area contributed by atoms with E-state index in [1.807, 2.05) is 16.8 Å². The fourth-order valence-electron chi connectivity index (χ4n) is 2.60. The highest BCUT2D eigenvalue weighted by atomic mass is 35.5. The number of sulfonamides is 2. The summed E-state index contributed by atoms with van der Waals surface area (Å²) < 4.78 is 56.8. The molecule has 0 saturated heterocycles. The number of hydrogen-bond acceptors (Lipinski definition) is 7. The Morgan fingerprint density at radius 1 is 0.677 bits per heavy atom. The molecular formula is C18H12Cl2N2O4S5. The Hall–Kier alpha value is -1.60. The fourth-order valence-corrected chi connectivity index (χ4v) is 8.38. The molecule has 0 bridgehead atoms. The number of nitrogens with one attached hydrogen (secondary N) is 2.